The summed E-state index contributed by atoms with van der Waals surface area (Å²) in [5.41, 5.74) is 0.979. The van der Waals surface area contributed by atoms with Gasteiger partial charge in [0.1, 0.15) is 11.5 Å². The van der Waals surface area contributed by atoms with Crippen LogP contribution in [0.5, 0.6) is 0 Å². The normalized spacial score (nSPS) is 10.4. The molecule has 0 aromatic carbocycles. The van der Waals surface area contributed by atoms with Gasteiger partial charge in [-0.1, -0.05) is 6.92 Å². The van der Waals surface area contributed by atoms with Gasteiger partial charge in [0.2, 0.25) is 0 Å². The van der Waals surface area contributed by atoms with Crippen molar-refractivity contribution in [2.24, 2.45) is 0 Å². The molecule has 0 aliphatic rings. The number of aromatic nitrogens is 3. The summed E-state index contributed by atoms with van der Waals surface area (Å²) in [6.45, 7) is 2.82. The number of pyridine rings is 1. The Kier molecular flexibility index (Phi) is 5.46. The molecular formula is C16H21N5O2. The third-order valence-corrected chi connectivity index (χ3v) is 3.26. The van der Waals surface area contributed by atoms with E-state index in [1.165, 1.54) is 16.8 Å². The Morgan fingerprint density at radius 3 is 2.78 bits per heavy atom. The summed E-state index contributed by atoms with van der Waals surface area (Å²) in [5, 5.41) is 6.90. The van der Waals surface area contributed by atoms with Crippen LogP contribution in [0.1, 0.15) is 29.4 Å². The molecule has 23 heavy (non-hydrogen) atoms. The van der Waals surface area contributed by atoms with Crippen LogP contribution in [-0.2, 0) is 13.1 Å². The minimum Gasteiger partial charge on any atom is -0.363 e. The van der Waals surface area contributed by atoms with E-state index < -0.39 is 0 Å². The zero-order valence-electron chi connectivity index (χ0n) is 13.6. The van der Waals surface area contributed by atoms with Gasteiger partial charge in [0.05, 0.1) is 0 Å². The Balaban J connectivity index is 2.06. The van der Waals surface area contributed by atoms with E-state index in [1.807, 2.05) is 38.1 Å². The minimum absolute atomic E-state index is 0.201. The van der Waals surface area contributed by atoms with E-state index in [1.54, 1.807) is 6.20 Å². The smallest absolute Gasteiger partial charge is 0.271 e. The maximum Gasteiger partial charge on any atom is 0.271 e. The molecule has 7 nitrogen and oxygen atoms in total. The second-order valence-corrected chi connectivity index (χ2v) is 5.38. The average Bonchev–Trinajstić information content (AvgIpc) is 2.55. The van der Waals surface area contributed by atoms with Gasteiger partial charge in [-0.25, -0.2) is 9.67 Å². The first-order valence-corrected chi connectivity index (χ1v) is 7.50. The number of rotatable bonds is 6. The SMILES string of the molecule is CCCn1nc(C(=O)NCc2ccnc(N(C)C)c2)ccc1=O. The molecule has 0 atom stereocenters. The van der Waals surface area contributed by atoms with Gasteiger partial charge in [-0.3, -0.25) is 9.59 Å². The number of hydrogen-bond donors (Lipinski definition) is 1. The zero-order valence-corrected chi connectivity index (χ0v) is 13.6. The highest BCUT2D eigenvalue weighted by Crippen LogP contribution is 2.09. The second kappa shape index (κ2) is 7.53. The molecule has 0 unspecified atom stereocenters. The molecular weight excluding hydrogens is 294 g/mol. The van der Waals surface area contributed by atoms with E-state index in [0.29, 0.717) is 13.1 Å². The van der Waals surface area contributed by atoms with Gasteiger partial charge >= 0.3 is 0 Å². The first-order valence-electron chi connectivity index (χ1n) is 7.50. The molecule has 0 saturated heterocycles. The lowest BCUT2D eigenvalue weighted by Crippen LogP contribution is -2.29. The van der Waals surface area contributed by atoms with Crippen molar-refractivity contribution >= 4 is 11.7 Å². The molecule has 0 radical (unpaired) electrons. The quantitative estimate of drug-likeness (QED) is 0.861. The van der Waals surface area contributed by atoms with Crippen molar-refractivity contribution in [3.05, 3.63) is 52.1 Å². The topological polar surface area (TPSA) is 80.1 Å². The second-order valence-electron chi connectivity index (χ2n) is 5.38. The van der Waals surface area contributed by atoms with Crippen molar-refractivity contribution in [1.82, 2.24) is 20.1 Å². The summed E-state index contributed by atoms with van der Waals surface area (Å²) in [7, 11) is 3.82. The molecule has 2 aromatic rings. The number of amides is 1. The fourth-order valence-electron chi connectivity index (χ4n) is 2.03. The number of carbonyl (C=O) groups is 1. The Hall–Kier alpha value is -2.70. The van der Waals surface area contributed by atoms with Crippen LogP contribution in [0.25, 0.3) is 0 Å². The summed E-state index contributed by atoms with van der Waals surface area (Å²) in [6, 6.07) is 6.57. The van der Waals surface area contributed by atoms with Crippen LogP contribution in [0, 0.1) is 0 Å². The highest BCUT2D eigenvalue weighted by molar-refractivity contribution is 5.91. The summed E-state index contributed by atoms with van der Waals surface area (Å²) < 4.78 is 1.31. The van der Waals surface area contributed by atoms with Crippen molar-refractivity contribution in [2.75, 3.05) is 19.0 Å². The third-order valence-electron chi connectivity index (χ3n) is 3.26. The number of nitrogens with zero attached hydrogens (tertiary/aromatic N) is 4. The first-order chi connectivity index (χ1) is 11.0. The Morgan fingerprint density at radius 1 is 1.30 bits per heavy atom. The van der Waals surface area contributed by atoms with E-state index >= 15 is 0 Å². The van der Waals surface area contributed by atoms with Crippen LogP contribution < -0.4 is 15.8 Å². The van der Waals surface area contributed by atoms with Crippen molar-refractivity contribution in [2.45, 2.75) is 26.4 Å². The molecule has 1 N–H and O–H groups in total. The van der Waals surface area contributed by atoms with Gasteiger partial charge < -0.3 is 10.2 Å². The average molecular weight is 315 g/mol. The molecule has 0 bridgehead atoms. The van der Waals surface area contributed by atoms with E-state index in [4.69, 9.17) is 0 Å². The third kappa shape index (κ3) is 4.38. The Bertz CT molecular complexity index is 739. The molecule has 2 rings (SSSR count). The van der Waals surface area contributed by atoms with Crippen LogP contribution >= 0.6 is 0 Å². The number of hydrogen-bond acceptors (Lipinski definition) is 5. The van der Waals surface area contributed by atoms with Crippen molar-refractivity contribution in [3.63, 3.8) is 0 Å². The van der Waals surface area contributed by atoms with Crippen LogP contribution in [0.3, 0.4) is 0 Å². The molecule has 2 heterocycles. The molecule has 0 aliphatic heterocycles. The molecule has 122 valence electrons. The van der Waals surface area contributed by atoms with Crippen LogP contribution in [0.4, 0.5) is 5.82 Å². The maximum absolute atomic E-state index is 12.2. The highest BCUT2D eigenvalue weighted by atomic mass is 16.2. The Morgan fingerprint density at radius 2 is 2.09 bits per heavy atom. The van der Waals surface area contributed by atoms with Gasteiger partial charge in [-0.05, 0) is 30.2 Å². The molecule has 0 aliphatic carbocycles. The van der Waals surface area contributed by atoms with Crippen LogP contribution in [0.15, 0.2) is 35.3 Å². The first kappa shape index (κ1) is 16.7. The van der Waals surface area contributed by atoms with Crippen molar-refractivity contribution in [1.29, 1.82) is 0 Å². The predicted molar refractivity (Wildman–Crippen MR) is 88.5 cm³/mol. The maximum atomic E-state index is 12.2. The number of aryl methyl sites for hydroxylation is 1. The van der Waals surface area contributed by atoms with Crippen molar-refractivity contribution in [3.8, 4) is 0 Å². The lowest BCUT2D eigenvalue weighted by molar-refractivity contribution is 0.0943. The molecule has 0 fully saturated rings. The minimum atomic E-state index is -0.307. The lowest BCUT2D eigenvalue weighted by Gasteiger charge is -2.12. The fraction of sp³-hybridized carbons (Fsp3) is 0.375. The molecule has 1 amide bonds. The van der Waals surface area contributed by atoms with E-state index in [9.17, 15) is 9.59 Å². The molecule has 0 spiro atoms. The zero-order chi connectivity index (χ0) is 16.8. The standard InChI is InChI=1S/C16H21N5O2/c1-4-9-21-15(22)6-5-13(19-21)16(23)18-11-12-7-8-17-14(10-12)20(2)3/h5-8,10H,4,9,11H2,1-3H3,(H,18,23). The van der Waals surface area contributed by atoms with Crippen LogP contribution in [0.2, 0.25) is 0 Å². The van der Waals surface area contributed by atoms with Gasteiger partial charge in [0, 0.05) is 39.4 Å². The molecule has 2 aromatic heterocycles. The number of nitrogens with one attached hydrogen (secondary N) is 1. The summed E-state index contributed by atoms with van der Waals surface area (Å²) >= 11 is 0. The highest BCUT2D eigenvalue weighted by Gasteiger charge is 2.09. The number of carbonyl (C=O) groups excluding carboxylic acids is 1. The largest absolute Gasteiger partial charge is 0.363 e. The van der Waals surface area contributed by atoms with Crippen molar-refractivity contribution < 1.29 is 4.79 Å². The van der Waals surface area contributed by atoms with E-state index in [-0.39, 0.29) is 17.2 Å². The van der Waals surface area contributed by atoms with Crippen LogP contribution in [-0.4, -0.2) is 34.8 Å². The summed E-state index contributed by atoms with van der Waals surface area (Å²) in [6.07, 6.45) is 2.48. The van der Waals surface area contributed by atoms with Gasteiger partial charge in [0.25, 0.3) is 11.5 Å². The van der Waals surface area contributed by atoms with E-state index in [2.05, 4.69) is 15.4 Å². The molecule has 7 heteroatoms. The molecule has 0 saturated carbocycles. The predicted octanol–water partition coefficient (Wildman–Crippen LogP) is 1.04. The summed E-state index contributed by atoms with van der Waals surface area (Å²) in [5.74, 6) is 0.518. The Labute approximate surface area is 135 Å². The lowest BCUT2D eigenvalue weighted by atomic mass is 10.2. The van der Waals surface area contributed by atoms with Gasteiger partial charge in [-0.15, -0.1) is 0 Å². The number of anilines is 1. The van der Waals surface area contributed by atoms with E-state index in [0.717, 1.165) is 17.8 Å². The van der Waals surface area contributed by atoms with Gasteiger partial charge in [-0.2, -0.15) is 5.10 Å². The van der Waals surface area contributed by atoms with Gasteiger partial charge in [0.15, 0.2) is 0 Å². The summed E-state index contributed by atoms with van der Waals surface area (Å²) in [4.78, 5) is 29.9. The fourth-order valence-corrected chi connectivity index (χ4v) is 2.03. The monoisotopic (exact) mass is 315 g/mol.